The van der Waals surface area contributed by atoms with Gasteiger partial charge in [-0.2, -0.15) is 17.5 Å². The van der Waals surface area contributed by atoms with Gasteiger partial charge < -0.3 is 10.6 Å². The third-order valence-corrected chi connectivity index (χ3v) is 3.98. The highest BCUT2D eigenvalue weighted by Gasteiger charge is 2.53. The SMILES string of the molecule is CNC(=O)C1CNCCN1S(=O)(=O)C(F)(F)F. The maximum atomic E-state index is 12.4. The number of likely N-dealkylation sites (N-methyl/N-ethyl adjacent to an activating group) is 1. The molecule has 0 bridgehead atoms. The van der Waals surface area contributed by atoms with Crippen molar-refractivity contribution in [3.63, 3.8) is 0 Å². The van der Waals surface area contributed by atoms with Crippen molar-refractivity contribution in [3.05, 3.63) is 0 Å². The Morgan fingerprint density at radius 3 is 2.53 bits per heavy atom. The average molecular weight is 275 g/mol. The van der Waals surface area contributed by atoms with E-state index >= 15 is 0 Å². The zero-order valence-corrected chi connectivity index (χ0v) is 9.73. The molecule has 1 amide bonds. The summed E-state index contributed by atoms with van der Waals surface area (Å²) < 4.78 is 59.8. The van der Waals surface area contributed by atoms with Gasteiger partial charge in [0.05, 0.1) is 0 Å². The highest BCUT2D eigenvalue weighted by atomic mass is 32.2. The molecule has 0 radical (unpaired) electrons. The zero-order valence-electron chi connectivity index (χ0n) is 8.91. The van der Waals surface area contributed by atoms with Gasteiger partial charge in [0.1, 0.15) is 6.04 Å². The smallest absolute Gasteiger partial charge is 0.358 e. The Hall–Kier alpha value is -0.870. The number of rotatable bonds is 2. The zero-order chi connectivity index (χ0) is 13.3. The number of alkyl halides is 3. The molecule has 1 rings (SSSR count). The summed E-state index contributed by atoms with van der Waals surface area (Å²) in [6, 6.07) is -1.37. The maximum absolute atomic E-state index is 12.4. The van der Waals surface area contributed by atoms with Crippen LogP contribution in [0.1, 0.15) is 0 Å². The summed E-state index contributed by atoms with van der Waals surface area (Å²) in [4.78, 5) is 11.3. The monoisotopic (exact) mass is 275 g/mol. The first kappa shape index (κ1) is 14.2. The molecule has 2 N–H and O–H groups in total. The van der Waals surface area contributed by atoms with E-state index in [0.29, 0.717) is 0 Å². The molecule has 100 valence electrons. The van der Waals surface area contributed by atoms with Gasteiger partial charge in [-0.15, -0.1) is 0 Å². The van der Waals surface area contributed by atoms with Crippen LogP contribution < -0.4 is 10.6 Å². The number of nitrogens with zero attached hydrogens (tertiary/aromatic N) is 1. The molecule has 1 aliphatic heterocycles. The van der Waals surface area contributed by atoms with Crippen LogP contribution >= 0.6 is 0 Å². The van der Waals surface area contributed by atoms with E-state index in [9.17, 15) is 26.4 Å². The largest absolute Gasteiger partial charge is 0.511 e. The molecular formula is C7H12F3N3O3S. The molecule has 0 aromatic carbocycles. The summed E-state index contributed by atoms with van der Waals surface area (Å²) in [5.74, 6) is -0.773. The lowest BCUT2D eigenvalue weighted by Crippen LogP contribution is -2.61. The number of amides is 1. The predicted octanol–water partition coefficient (Wildman–Crippen LogP) is -1.14. The molecule has 1 heterocycles. The van der Waals surface area contributed by atoms with Gasteiger partial charge in [-0.3, -0.25) is 4.79 Å². The van der Waals surface area contributed by atoms with Crippen LogP contribution in [-0.2, 0) is 14.8 Å². The lowest BCUT2D eigenvalue weighted by Gasteiger charge is -2.33. The van der Waals surface area contributed by atoms with Crippen molar-refractivity contribution >= 4 is 15.9 Å². The van der Waals surface area contributed by atoms with E-state index in [1.54, 1.807) is 0 Å². The van der Waals surface area contributed by atoms with Crippen molar-refractivity contribution < 1.29 is 26.4 Å². The summed E-state index contributed by atoms with van der Waals surface area (Å²) in [6.45, 7) is -0.461. The first-order valence-corrected chi connectivity index (χ1v) is 6.16. The van der Waals surface area contributed by atoms with Crippen molar-refractivity contribution in [1.82, 2.24) is 14.9 Å². The Balaban J connectivity index is 3.05. The molecule has 0 saturated carbocycles. The van der Waals surface area contributed by atoms with E-state index in [0.717, 1.165) is 0 Å². The second-order valence-electron chi connectivity index (χ2n) is 3.40. The molecule has 6 nitrogen and oxygen atoms in total. The Bertz CT molecular complexity index is 395. The molecule has 17 heavy (non-hydrogen) atoms. The Morgan fingerprint density at radius 1 is 1.47 bits per heavy atom. The second-order valence-corrected chi connectivity index (χ2v) is 5.28. The van der Waals surface area contributed by atoms with Gasteiger partial charge in [-0.1, -0.05) is 0 Å². The fourth-order valence-corrected chi connectivity index (χ4v) is 2.60. The van der Waals surface area contributed by atoms with Crippen molar-refractivity contribution in [2.75, 3.05) is 26.7 Å². The van der Waals surface area contributed by atoms with Gasteiger partial charge >= 0.3 is 15.5 Å². The van der Waals surface area contributed by atoms with Crippen LogP contribution in [0.15, 0.2) is 0 Å². The highest BCUT2D eigenvalue weighted by molar-refractivity contribution is 7.90. The molecule has 0 aliphatic carbocycles. The van der Waals surface area contributed by atoms with Crippen LogP contribution in [0.2, 0.25) is 0 Å². The third kappa shape index (κ3) is 2.69. The molecule has 0 aromatic rings. The van der Waals surface area contributed by atoms with Crippen LogP contribution in [-0.4, -0.2) is 56.9 Å². The highest BCUT2D eigenvalue weighted by Crippen LogP contribution is 2.28. The number of carbonyl (C=O) groups excluding carboxylic acids is 1. The molecule has 1 unspecified atom stereocenters. The molecule has 10 heteroatoms. The third-order valence-electron chi connectivity index (χ3n) is 2.34. The van der Waals surface area contributed by atoms with Gasteiger partial charge in [0.15, 0.2) is 0 Å². The number of piperazine rings is 1. The molecule has 0 aromatic heterocycles. The number of hydrogen-bond acceptors (Lipinski definition) is 4. The van der Waals surface area contributed by atoms with Crippen molar-refractivity contribution in [2.24, 2.45) is 0 Å². The summed E-state index contributed by atoms with van der Waals surface area (Å²) in [5.41, 5.74) is -5.39. The minimum Gasteiger partial charge on any atom is -0.358 e. The fraction of sp³-hybridized carbons (Fsp3) is 0.857. The van der Waals surface area contributed by atoms with Crippen molar-refractivity contribution in [2.45, 2.75) is 11.6 Å². The Kier molecular flexibility index (Phi) is 3.99. The van der Waals surface area contributed by atoms with E-state index in [-0.39, 0.29) is 23.9 Å². The van der Waals surface area contributed by atoms with E-state index in [2.05, 4.69) is 10.6 Å². The molecule has 1 aliphatic rings. The number of halogens is 3. The van der Waals surface area contributed by atoms with E-state index in [1.165, 1.54) is 7.05 Å². The van der Waals surface area contributed by atoms with Crippen LogP contribution in [0, 0.1) is 0 Å². The van der Waals surface area contributed by atoms with Gasteiger partial charge in [-0.05, 0) is 0 Å². The van der Waals surface area contributed by atoms with Gasteiger partial charge in [0.2, 0.25) is 5.91 Å². The van der Waals surface area contributed by atoms with Crippen molar-refractivity contribution in [3.8, 4) is 0 Å². The lowest BCUT2D eigenvalue weighted by molar-refractivity contribution is -0.125. The summed E-state index contributed by atoms with van der Waals surface area (Å²) >= 11 is 0. The quantitative estimate of drug-likeness (QED) is 0.667. The average Bonchev–Trinajstić information content (AvgIpc) is 2.26. The van der Waals surface area contributed by atoms with Gasteiger partial charge in [0.25, 0.3) is 0 Å². The van der Waals surface area contributed by atoms with Crippen LogP contribution in [0.3, 0.4) is 0 Å². The molecule has 1 atom stereocenters. The molecule has 1 fully saturated rings. The van der Waals surface area contributed by atoms with E-state index < -0.39 is 27.5 Å². The topological polar surface area (TPSA) is 78.5 Å². The van der Waals surface area contributed by atoms with E-state index in [1.807, 2.05) is 0 Å². The summed E-state index contributed by atoms with van der Waals surface area (Å²) in [7, 11) is -4.24. The second kappa shape index (κ2) is 4.78. The first-order valence-electron chi connectivity index (χ1n) is 4.72. The van der Waals surface area contributed by atoms with Crippen LogP contribution in [0.5, 0.6) is 0 Å². The first-order chi connectivity index (χ1) is 7.71. The number of sulfonamides is 1. The lowest BCUT2D eigenvalue weighted by atomic mass is 10.2. The molecule has 1 saturated heterocycles. The normalized spacial score (nSPS) is 23.4. The Labute approximate surface area is 96.2 Å². The van der Waals surface area contributed by atoms with Gasteiger partial charge in [-0.25, -0.2) is 8.42 Å². The predicted molar refractivity (Wildman–Crippen MR) is 52.4 cm³/mol. The van der Waals surface area contributed by atoms with Crippen molar-refractivity contribution in [1.29, 1.82) is 0 Å². The minimum absolute atomic E-state index is 0.0722. The van der Waals surface area contributed by atoms with Crippen LogP contribution in [0.4, 0.5) is 13.2 Å². The molecular weight excluding hydrogens is 263 g/mol. The summed E-state index contributed by atoms with van der Waals surface area (Å²) in [5, 5.41) is 4.81. The standard InChI is InChI=1S/C7H12F3N3O3S/c1-11-6(14)5-4-12-2-3-13(5)17(15,16)7(8,9)10/h5,12H,2-4H2,1H3,(H,11,14). The fourth-order valence-electron chi connectivity index (χ4n) is 1.50. The Morgan fingerprint density at radius 2 is 2.06 bits per heavy atom. The summed E-state index contributed by atoms with van der Waals surface area (Å²) in [6.07, 6.45) is 0. The minimum atomic E-state index is -5.47. The number of carbonyl (C=O) groups is 1. The maximum Gasteiger partial charge on any atom is 0.511 e. The molecule has 0 spiro atoms. The number of nitrogens with one attached hydrogen (secondary N) is 2. The van der Waals surface area contributed by atoms with E-state index in [4.69, 9.17) is 0 Å². The number of hydrogen-bond donors (Lipinski definition) is 2. The van der Waals surface area contributed by atoms with Crippen LogP contribution in [0.25, 0.3) is 0 Å². The van der Waals surface area contributed by atoms with Gasteiger partial charge in [0, 0.05) is 26.7 Å².